The predicted molar refractivity (Wildman–Crippen MR) is 123 cm³/mol. The molecule has 0 saturated heterocycles. The minimum atomic E-state index is -0.111. The minimum Gasteiger partial charge on any atom is -0.497 e. The zero-order valence-corrected chi connectivity index (χ0v) is 18.7. The molecular weight excluding hydrogens is 404 g/mol. The lowest BCUT2D eigenvalue weighted by Gasteiger charge is -2.20. The van der Waals surface area contributed by atoms with Gasteiger partial charge in [0.1, 0.15) is 23.9 Å². The number of hydrogen-bond acceptors (Lipinski definition) is 5. The molecule has 0 spiro atoms. The average molecular weight is 431 g/mol. The highest BCUT2D eigenvalue weighted by atomic mass is 16.5. The van der Waals surface area contributed by atoms with Crippen LogP contribution in [0.25, 0.3) is 10.8 Å². The second-order valence-corrected chi connectivity index (χ2v) is 7.80. The first-order chi connectivity index (χ1) is 15.5. The first-order valence-corrected chi connectivity index (χ1v) is 10.4. The second kappa shape index (κ2) is 9.14. The van der Waals surface area contributed by atoms with Crippen LogP contribution in [0.15, 0.2) is 65.2 Å². The van der Waals surface area contributed by atoms with Crippen LogP contribution >= 0.6 is 0 Å². The van der Waals surface area contributed by atoms with Crippen molar-refractivity contribution in [2.45, 2.75) is 27.0 Å². The van der Waals surface area contributed by atoms with Gasteiger partial charge in [0.25, 0.3) is 5.91 Å². The molecule has 0 aliphatic carbocycles. The molecule has 164 valence electrons. The minimum absolute atomic E-state index is 0.111. The maximum absolute atomic E-state index is 13.4. The zero-order valence-electron chi connectivity index (χ0n) is 18.7. The fourth-order valence-electron chi connectivity index (χ4n) is 3.65. The number of hydrogen-bond donors (Lipinski definition) is 0. The van der Waals surface area contributed by atoms with Gasteiger partial charge in [-0.2, -0.15) is 0 Å². The molecule has 1 heterocycles. The Morgan fingerprint density at radius 1 is 1.03 bits per heavy atom. The van der Waals surface area contributed by atoms with Crippen molar-refractivity contribution >= 4 is 16.7 Å². The van der Waals surface area contributed by atoms with E-state index in [1.54, 1.807) is 19.1 Å². The van der Waals surface area contributed by atoms with E-state index in [1.807, 2.05) is 74.5 Å². The SMILES string of the molecule is COc1ccc(CN(C)C(=O)c2cc3ccccc3cc2OCc2c(C)noc2C)cc1. The van der Waals surface area contributed by atoms with Crippen molar-refractivity contribution in [3.63, 3.8) is 0 Å². The highest BCUT2D eigenvalue weighted by molar-refractivity contribution is 6.01. The maximum Gasteiger partial charge on any atom is 0.257 e. The van der Waals surface area contributed by atoms with Crippen molar-refractivity contribution in [3.05, 3.63) is 88.8 Å². The average Bonchev–Trinajstić information content (AvgIpc) is 3.14. The fourth-order valence-corrected chi connectivity index (χ4v) is 3.65. The molecule has 0 fully saturated rings. The standard InChI is InChI=1S/C26H26N2O4/c1-17-24(18(2)32-27-17)16-31-25-14-21-8-6-5-7-20(21)13-23(25)26(29)28(3)15-19-9-11-22(30-4)12-10-19/h5-14H,15-16H2,1-4H3. The summed E-state index contributed by atoms with van der Waals surface area (Å²) in [5.41, 5.74) is 3.21. The van der Waals surface area contributed by atoms with Gasteiger partial charge in [-0.15, -0.1) is 0 Å². The molecule has 6 heteroatoms. The molecule has 0 saturated carbocycles. The topological polar surface area (TPSA) is 64.8 Å². The number of aryl methyl sites for hydroxylation is 2. The van der Waals surface area contributed by atoms with Gasteiger partial charge in [-0.3, -0.25) is 4.79 Å². The van der Waals surface area contributed by atoms with Gasteiger partial charge in [0.15, 0.2) is 0 Å². The van der Waals surface area contributed by atoms with E-state index in [4.69, 9.17) is 14.0 Å². The summed E-state index contributed by atoms with van der Waals surface area (Å²) in [6.07, 6.45) is 0. The van der Waals surface area contributed by atoms with Crippen LogP contribution in [0.1, 0.15) is 32.9 Å². The van der Waals surface area contributed by atoms with Crippen molar-refractivity contribution in [1.82, 2.24) is 10.1 Å². The molecule has 3 aromatic carbocycles. The molecule has 0 atom stereocenters. The molecule has 0 aliphatic heterocycles. The molecule has 4 aromatic rings. The highest BCUT2D eigenvalue weighted by Gasteiger charge is 2.20. The van der Waals surface area contributed by atoms with Crippen LogP contribution in [0.4, 0.5) is 0 Å². The van der Waals surface area contributed by atoms with E-state index in [0.29, 0.717) is 23.6 Å². The molecule has 1 aromatic heterocycles. The molecule has 4 rings (SSSR count). The molecular formula is C26H26N2O4. The number of carbonyl (C=O) groups is 1. The third kappa shape index (κ3) is 4.44. The number of rotatable bonds is 7. The number of ether oxygens (including phenoxy) is 2. The first kappa shape index (κ1) is 21.4. The molecule has 0 bridgehead atoms. The van der Waals surface area contributed by atoms with Crippen LogP contribution in [-0.2, 0) is 13.2 Å². The number of benzene rings is 3. The predicted octanol–water partition coefficient (Wildman–Crippen LogP) is 5.30. The first-order valence-electron chi connectivity index (χ1n) is 10.4. The lowest BCUT2D eigenvalue weighted by atomic mass is 10.0. The van der Waals surface area contributed by atoms with Crippen LogP contribution in [-0.4, -0.2) is 30.1 Å². The Balaban J connectivity index is 1.62. The van der Waals surface area contributed by atoms with Crippen LogP contribution in [0.5, 0.6) is 11.5 Å². The summed E-state index contributed by atoms with van der Waals surface area (Å²) >= 11 is 0. The van der Waals surface area contributed by atoms with Gasteiger partial charge in [-0.05, 0) is 54.4 Å². The van der Waals surface area contributed by atoms with Gasteiger partial charge >= 0.3 is 0 Å². The number of aromatic nitrogens is 1. The Bertz CT molecular complexity index is 1230. The number of amides is 1. The molecule has 0 aliphatic rings. The third-order valence-corrected chi connectivity index (χ3v) is 5.56. The van der Waals surface area contributed by atoms with E-state index >= 15 is 0 Å². The highest BCUT2D eigenvalue weighted by Crippen LogP contribution is 2.29. The number of carbonyl (C=O) groups excluding carboxylic acids is 1. The van der Waals surface area contributed by atoms with E-state index in [0.717, 1.165) is 33.3 Å². The fraction of sp³-hybridized carbons (Fsp3) is 0.231. The summed E-state index contributed by atoms with van der Waals surface area (Å²) < 4.78 is 16.6. The summed E-state index contributed by atoms with van der Waals surface area (Å²) in [6.45, 7) is 4.49. The van der Waals surface area contributed by atoms with Crippen molar-refractivity contribution in [3.8, 4) is 11.5 Å². The quantitative estimate of drug-likeness (QED) is 0.398. The van der Waals surface area contributed by atoms with E-state index in [2.05, 4.69) is 5.16 Å². The normalized spacial score (nSPS) is 10.9. The Morgan fingerprint density at radius 2 is 1.72 bits per heavy atom. The Kier molecular flexibility index (Phi) is 6.12. The van der Waals surface area contributed by atoms with Crippen molar-refractivity contribution in [1.29, 1.82) is 0 Å². The molecule has 1 amide bonds. The van der Waals surface area contributed by atoms with Gasteiger partial charge in [0.05, 0.1) is 23.9 Å². The Hall–Kier alpha value is -3.80. The van der Waals surface area contributed by atoms with Crippen LogP contribution in [0.3, 0.4) is 0 Å². The van der Waals surface area contributed by atoms with E-state index in [-0.39, 0.29) is 12.5 Å². The van der Waals surface area contributed by atoms with E-state index in [1.165, 1.54) is 0 Å². The van der Waals surface area contributed by atoms with Gasteiger partial charge in [0.2, 0.25) is 0 Å². The van der Waals surface area contributed by atoms with Crippen LogP contribution in [0, 0.1) is 13.8 Å². The largest absolute Gasteiger partial charge is 0.497 e. The lowest BCUT2D eigenvalue weighted by Crippen LogP contribution is -2.26. The van der Waals surface area contributed by atoms with Gasteiger partial charge in [0, 0.05) is 13.6 Å². The third-order valence-electron chi connectivity index (χ3n) is 5.56. The van der Waals surface area contributed by atoms with E-state index < -0.39 is 0 Å². The van der Waals surface area contributed by atoms with Crippen LogP contribution in [0.2, 0.25) is 0 Å². The summed E-state index contributed by atoms with van der Waals surface area (Å²) in [5, 5.41) is 5.98. The summed E-state index contributed by atoms with van der Waals surface area (Å²) in [4.78, 5) is 15.1. The van der Waals surface area contributed by atoms with E-state index in [9.17, 15) is 4.79 Å². The maximum atomic E-state index is 13.4. The zero-order chi connectivity index (χ0) is 22.7. The molecule has 0 unspecified atom stereocenters. The van der Waals surface area contributed by atoms with Crippen LogP contribution < -0.4 is 9.47 Å². The lowest BCUT2D eigenvalue weighted by molar-refractivity contribution is 0.0780. The summed E-state index contributed by atoms with van der Waals surface area (Å²) in [6, 6.07) is 19.4. The molecule has 32 heavy (non-hydrogen) atoms. The molecule has 0 radical (unpaired) electrons. The van der Waals surface area contributed by atoms with Gasteiger partial charge < -0.3 is 18.9 Å². The number of nitrogens with zero attached hydrogens (tertiary/aromatic N) is 2. The smallest absolute Gasteiger partial charge is 0.257 e. The van der Waals surface area contributed by atoms with Crippen molar-refractivity contribution < 1.29 is 18.8 Å². The molecule has 6 nitrogen and oxygen atoms in total. The number of fused-ring (bicyclic) bond motifs is 1. The molecule has 0 N–H and O–H groups in total. The monoisotopic (exact) mass is 430 g/mol. The van der Waals surface area contributed by atoms with Crippen molar-refractivity contribution in [2.75, 3.05) is 14.2 Å². The Morgan fingerprint density at radius 3 is 2.34 bits per heavy atom. The summed E-state index contributed by atoms with van der Waals surface area (Å²) in [5.74, 6) is 1.93. The van der Waals surface area contributed by atoms with Crippen molar-refractivity contribution in [2.24, 2.45) is 0 Å². The number of methoxy groups -OCH3 is 1. The summed E-state index contributed by atoms with van der Waals surface area (Å²) in [7, 11) is 3.42. The Labute approximate surface area is 187 Å². The van der Waals surface area contributed by atoms with Gasteiger partial charge in [-0.1, -0.05) is 41.6 Å². The van der Waals surface area contributed by atoms with Gasteiger partial charge in [-0.25, -0.2) is 0 Å². The second-order valence-electron chi connectivity index (χ2n) is 7.80.